The van der Waals surface area contributed by atoms with Crippen molar-refractivity contribution in [3.63, 3.8) is 0 Å². The molecule has 200 valence electrons. The highest BCUT2D eigenvalue weighted by Gasteiger charge is 2.28. The van der Waals surface area contributed by atoms with Crippen LogP contribution >= 0.6 is 23.2 Å². The number of carbonyl (C=O) groups excluding carboxylic acids is 1. The number of ether oxygens (including phenoxy) is 1. The van der Waals surface area contributed by atoms with E-state index in [0.717, 1.165) is 22.2 Å². The van der Waals surface area contributed by atoms with E-state index in [-0.39, 0.29) is 27.1 Å². The van der Waals surface area contributed by atoms with Gasteiger partial charge in [0.05, 0.1) is 46.6 Å². The highest BCUT2D eigenvalue weighted by molar-refractivity contribution is 7.51. The topological polar surface area (TPSA) is 113 Å². The molecule has 1 aliphatic heterocycles. The Kier molecular flexibility index (Phi) is 9.17. The average Bonchev–Trinajstić information content (AvgIpc) is 3.34. The summed E-state index contributed by atoms with van der Waals surface area (Å²) in [4.78, 5) is 14.9. The van der Waals surface area contributed by atoms with Gasteiger partial charge in [0.2, 0.25) is 0 Å². The number of nitrogens with zero attached hydrogens (tertiary/aromatic N) is 3. The predicted octanol–water partition coefficient (Wildman–Crippen LogP) is 5.00. The number of morpholine rings is 1. The Morgan fingerprint density at radius 2 is 1.74 bits per heavy atom. The number of aliphatic hydroxyl groups excluding tert-OH is 1. The minimum absolute atomic E-state index is 0.116. The van der Waals surface area contributed by atoms with Crippen LogP contribution in [0, 0.1) is 18.3 Å². The van der Waals surface area contributed by atoms with Crippen LogP contribution in [-0.2, 0) is 16.3 Å². The molecule has 0 spiro atoms. The second-order valence-electron chi connectivity index (χ2n) is 8.78. The molecule has 1 unspecified atom stereocenters. The van der Waals surface area contributed by atoms with E-state index < -0.39 is 17.7 Å². The number of aromatic nitrogens is 1. The van der Waals surface area contributed by atoms with Crippen LogP contribution in [0.3, 0.4) is 0 Å². The molecule has 0 aliphatic carbocycles. The monoisotopic (exact) mass is 583 g/mol. The second-order valence-corrected chi connectivity index (χ2v) is 9.70. The van der Waals surface area contributed by atoms with Crippen LogP contribution in [0.4, 0.5) is 0 Å². The number of hydrogen-bond acceptors (Lipinski definition) is 6. The van der Waals surface area contributed by atoms with E-state index in [9.17, 15) is 15.2 Å². The molecule has 5 rings (SSSR count). The molecule has 8 nitrogen and oxygen atoms in total. The van der Waals surface area contributed by atoms with Gasteiger partial charge in [-0.2, -0.15) is 13.7 Å². The first kappa shape index (κ1) is 28.5. The van der Waals surface area contributed by atoms with E-state index in [4.69, 9.17) is 36.4 Å². The first-order valence-corrected chi connectivity index (χ1v) is 13.3. The van der Waals surface area contributed by atoms with E-state index in [2.05, 4.69) is 6.07 Å². The van der Waals surface area contributed by atoms with Gasteiger partial charge >= 0.3 is 11.6 Å². The number of carbonyl (C=O) groups is 1. The fraction of sp³-hybridized carbons (Fsp3) is 0.214. The lowest BCUT2D eigenvalue weighted by atomic mass is 10.0. The number of rotatable bonds is 4. The molecular formula is C28H23Cl2N3O5S. The van der Waals surface area contributed by atoms with Gasteiger partial charge in [0.1, 0.15) is 6.10 Å². The molecule has 1 atom stereocenters. The van der Waals surface area contributed by atoms with E-state index in [0.29, 0.717) is 37.6 Å². The number of aryl methyl sites for hydroxylation is 1. The Labute approximate surface area is 238 Å². The summed E-state index contributed by atoms with van der Waals surface area (Å²) < 4.78 is 23.8. The van der Waals surface area contributed by atoms with Crippen molar-refractivity contribution in [2.24, 2.45) is 0 Å². The molecular weight excluding hydrogens is 561 g/mol. The maximum absolute atomic E-state index is 13.2. The number of para-hydroxylation sites is 1. The molecule has 1 amide bonds. The Bertz CT molecular complexity index is 1610. The molecule has 1 aromatic heterocycles. The normalized spacial score (nSPS) is 13.8. The fourth-order valence-corrected chi connectivity index (χ4v) is 5.36. The zero-order valence-corrected chi connectivity index (χ0v) is 23.1. The Balaban J connectivity index is 0.00000112. The SMILES string of the molecule is Cc1cc(C#N)cc2c1cc(C(O)c1c(Cl)ccc(C(=O)N3CCOCC3)c1Cl)n2-c1ccccc1.O=S=O. The van der Waals surface area contributed by atoms with Crippen molar-refractivity contribution >= 4 is 51.6 Å². The average molecular weight is 584 g/mol. The van der Waals surface area contributed by atoms with Gasteiger partial charge in [0, 0.05) is 34.7 Å². The molecule has 1 N–H and O–H groups in total. The highest BCUT2D eigenvalue weighted by atomic mass is 35.5. The second kappa shape index (κ2) is 12.6. The molecule has 4 aromatic rings. The number of benzene rings is 3. The van der Waals surface area contributed by atoms with Crippen LogP contribution in [0.5, 0.6) is 0 Å². The van der Waals surface area contributed by atoms with Crippen LogP contribution in [-0.4, -0.2) is 55.2 Å². The summed E-state index contributed by atoms with van der Waals surface area (Å²) in [6.07, 6.45) is -1.24. The van der Waals surface area contributed by atoms with E-state index in [1.807, 2.05) is 54.0 Å². The molecule has 39 heavy (non-hydrogen) atoms. The number of nitriles is 1. The first-order valence-electron chi connectivity index (χ1n) is 11.9. The van der Waals surface area contributed by atoms with E-state index >= 15 is 0 Å². The van der Waals surface area contributed by atoms with Crippen molar-refractivity contribution in [3.8, 4) is 11.8 Å². The van der Waals surface area contributed by atoms with Crippen molar-refractivity contribution in [2.45, 2.75) is 13.0 Å². The lowest BCUT2D eigenvalue weighted by Crippen LogP contribution is -2.40. The summed E-state index contributed by atoms with van der Waals surface area (Å²) in [5.41, 5.74) is 4.07. The zero-order chi connectivity index (χ0) is 28.1. The minimum atomic E-state index is -1.24. The van der Waals surface area contributed by atoms with Gasteiger partial charge in [-0.25, -0.2) is 0 Å². The summed E-state index contributed by atoms with van der Waals surface area (Å²) in [6, 6.07) is 20.4. The molecule has 0 radical (unpaired) electrons. The molecule has 0 bridgehead atoms. The summed E-state index contributed by atoms with van der Waals surface area (Å²) >= 11 is 12.6. The van der Waals surface area contributed by atoms with Crippen LogP contribution in [0.2, 0.25) is 10.0 Å². The van der Waals surface area contributed by atoms with Gasteiger partial charge in [0.25, 0.3) is 5.91 Å². The largest absolute Gasteiger partial charge is 0.382 e. The third-order valence-corrected chi connectivity index (χ3v) is 7.25. The zero-order valence-electron chi connectivity index (χ0n) is 20.8. The predicted molar refractivity (Wildman–Crippen MR) is 149 cm³/mol. The van der Waals surface area contributed by atoms with Crippen LogP contribution < -0.4 is 0 Å². The Hall–Kier alpha value is -3.52. The number of hydrogen-bond donors (Lipinski definition) is 1. The van der Waals surface area contributed by atoms with Crippen molar-refractivity contribution in [1.82, 2.24) is 9.47 Å². The van der Waals surface area contributed by atoms with Crippen LogP contribution in [0.15, 0.2) is 60.7 Å². The van der Waals surface area contributed by atoms with Gasteiger partial charge in [-0.3, -0.25) is 4.79 Å². The molecule has 2 heterocycles. The van der Waals surface area contributed by atoms with Gasteiger partial charge < -0.3 is 19.3 Å². The maximum Gasteiger partial charge on any atom is 0.335 e. The van der Waals surface area contributed by atoms with Crippen molar-refractivity contribution in [1.29, 1.82) is 5.26 Å². The smallest absolute Gasteiger partial charge is 0.335 e. The quantitative estimate of drug-likeness (QED) is 0.361. The van der Waals surface area contributed by atoms with Gasteiger partial charge in [-0.05, 0) is 55.0 Å². The maximum atomic E-state index is 13.2. The molecule has 1 saturated heterocycles. The van der Waals surface area contributed by atoms with Gasteiger partial charge in [-0.1, -0.05) is 41.4 Å². The highest BCUT2D eigenvalue weighted by Crippen LogP contribution is 2.40. The first-order chi connectivity index (χ1) is 18.8. The third-order valence-electron chi connectivity index (χ3n) is 6.51. The molecule has 1 aliphatic rings. The molecule has 11 heteroatoms. The van der Waals surface area contributed by atoms with Crippen LogP contribution in [0.1, 0.15) is 38.8 Å². The van der Waals surface area contributed by atoms with Crippen molar-refractivity contribution < 1.29 is 23.1 Å². The third kappa shape index (κ3) is 5.76. The van der Waals surface area contributed by atoms with Gasteiger partial charge in [-0.15, -0.1) is 0 Å². The molecule has 1 fully saturated rings. The number of fused-ring (bicyclic) bond motifs is 1. The van der Waals surface area contributed by atoms with E-state index in [1.54, 1.807) is 23.1 Å². The number of aliphatic hydroxyl groups is 1. The fourth-order valence-electron chi connectivity index (χ4n) is 4.70. The van der Waals surface area contributed by atoms with Crippen LogP contribution in [0.25, 0.3) is 16.6 Å². The Morgan fingerprint density at radius 3 is 2.38 bits per heavy atom. The molecule has 0 saturated carbocycles. The summed E-state index contributed by atoms with van der Waals surface area (Å²) in [7, 11) is 0. The van der Waals surface area contributed by atoms with Gasteiger partial charge in [0.15, 0.2) is 0 Å². The minimum Gasteiger partial charge on any atom is -0.382 e. The van der Waals surface area contributed by atoms with Crippen molar-refractivity contribution in [3.05, 3.63) is 98.7 Å². The summed E-state index contributed by atoms with van der Waals surface area (Å²) in [5.74, 6) is -0.230. The standard InChI is InChI=1S/C28H23Cl2N3O3.O2S/c1-17-13-18(16-31)14-23-21(17)15-24(33(23)19-5-3-2-4-6-19)27(34)25-22(29)8-7-20(26(25)30)28(35)32-9-11-36-12-10-32;1-3-2/h2-8,13-15,27,34H,9-12H2,1H3;. The number of halogens is 2. The van der Waals surface area contributed by atoms with Crippen molar-refractivity contribution in [2.75, 3.05) is 26.3 Å². The van der Waals surface area contributed by atoms with E-state index in [1.165, 1.54) is 0 Å². The summed E-state index contributed by atoms with van der Waals surface area (Å²) in [6.45, 7) is 3.80. The summed E-state index contributed by atoms with van der Waals surface area (Å²) in [5, 5.41) is 22.5. The molecule has 3 aromatic carbocycles. The Morgan fingerprint density at radius 1 is 1.08 bits per heavy atom. The lowest BCUT2D eigenvalue weighted by Gasteiger charge is -2.28. The lowest BCUT2D eigenvalue weighted by molar-refractivity contribution is 0.0303. The number of amides is 1.